The number of likely N-dealkylation sites (tertiary alicyclic amines) is 1. The van der Waals surface area contributed by atoms with Gasteiger partial charge in [-0.1, -0.05) is 18.2 Å². The lowest BCUT2D eigenvalue weighted by Crippen LogP contribution is -2.52. The van der Waals surface area contributed by atoms with E-state index >= 15 is 0 Å². The molecule has 2 rings (SSSR count). The van der Waals surface area contributed by atoms with E-state index in [0.717, 1.165) is 30.8 Å². The van der Waals surface area contributed by atoms with Crippen LogP contribution in [0, 0.1) is 0 Å². The normalized spacial score (nSPS) is 23.8. The number of hydrogen-bond donors (Lipinski definition) is 3. The molecular formula is C15H24N2O3. The van der Waals surface area contributed by atoms with Gasteiger partial charge in [0, 0.05) is 37.8 Å². The number of para-hydroxylation sites is 1. The van der Waals surface area contributed by atoms with Crippen molar-refractivity contribution in [3.63, 3.8) is 0 Å². The zero-order valence-corrected chi connectivity index (χ0v) is 12.0. The standard InChI is InChI=1S/C15H24N2O3/c1-20-15-5-3-2-4-12(15)10-17-8-6-13(14(19)11-17)16-7-9-18/h2-5,13-14,16,18-19H,6-11H2,1H3/t13-,14-/m1/s1. The van der Waals surface area contributed by atoms with E-state index in [1.54, 1.807) is 7.11 Å². The molecule has 0 aliphatic carbocycles. The maximum Gasteiger partial charge on any atom is 0.123 e. The van der Waals surface area contributed by atoms with Gasteiger partial charge in [0.05, 0.1) is 19.8 Å². The maximum absolute atomic E-state index is 10.2. The van der Waals surface area contributed by atoms with Crippen molar-refractivity contribution in [3.8, 4) is 5.75 Å². The van der Waals surface area contributed by atoms with Crippen LogP contribution in [0.5, 0.6) is 5.75 Å². The SMILES string of the molecule is COc1ccccc1CN1CC[C@@H](NCCO)[C@H](O)C1. The number of nitrogens with one attached hydrogen (secondary N) is 1. The van der Waals surface area contributed by atoms with Gasteiger partial charge in [-0.05, 0) is 12.5 Å². The van der Waals surface area contributed by atoms with E-state index in [1.807, 2.05) is 18.2 Å². The van der Waals surface area contributed by atoms with E-state index in [-0.39, 0.29) is 12.6 Å². The second-order valence-corrected chi connectivity index (χ2v) is 5.19. The van der Waals surface area contributed by atoms with Crippen molar-refractivity contribution in [2.45, 2.75) is 25.1 Å². The third kappa shape index (κ3) is 3.93. The lowest BCUT2D eigenvalue weighted by molar-refractivity contribution is 0.0355. The van der Waals surface area contributed by atoms with Crippen LogP contribution in [0.1, 0.15) is 12.0 Å². The minimum Gasteiger partial charge on any atom is -0.496 e. The third-order valence-corrected chi connectivity index (χ3v) is 3.77. The predicted molar refractivity (Wildman–Crippen MR) is 77.8 cm³/mol. The monoisotopic (exact) mass is 280 g/mol. The minimum absolute atomic E-state index is 0.0797. The molecule has 0 bridgehead atoms. The Bertz CT molecular complexity index is 414. The van der Waals surface area contributed by atoms with Crippen molar-refractivity contribution >= 4 is 0 Å². The Labute approximate surface area is 120 Å². The van der Waals surface area contributed by atoms with Crippen LogP contribution in [0.4, 0.5) is 0 Å². The van der Waals surface area contributed by atoms with Crippen LogP contribution in [0.25, 0.3) is 0 Å². The van der Waals surface area contributed by atoms with Crippen LogP contribution < -0.4 is 10.1 Å². The molecule has 5 nitrogen and oxygen atoms in total. The van der Waals surface area contributed by atoms with Crippen LogP contribution in [0.2, 0.25) is 0 Å². The highest BCUT2D eigenvalue weighted by molar-refractivity contribution is 5.33. The van der Waals surface area contributed by atoms with E-state index in [2.05, 4.69) is 16.3 Å². The number of benzene rings is 1. The summed E-state index contributed by atoms with van der Waals surface area (Å²) in [5.74, 6) is 0.891. The van der Waals surface area contributed by atoms with Gasteiger partial charge < -0.3 is 20.3 Å². The molecule has 2 atom stereocenters. The van der Waals surface area contributed by atoms with Crippen molar-refractivity contribution in [1.82, 2.24) is 10.2 Å². The largest absolute Gasteiger partial charge is 0.496 e. The van der Waals surface area contributed by atoms with Gasteiger partial charge >= 0.3 is 0 Å². The second-order valence-electron chi connectivity index (χ2n) is 5.19. The van der Waals surface area contributed by atoms with E-state index in [1.165, 1.54) is 0 Å². The van der Waals surface area contributed by atoms with Crippen molar-refractivity contribution in [1.29, 1.82) is 0 Å². The molecule has 1 fully saturated rings. The number of aliphatic hydroxyl groups excluding tert-OH is 2. The van der Waals surface area contributed by atoms with Crippen LogP contribution in [0.15, 0.2) is 24.3 Å². The topological polar surface area (TPSA) is 65.0 Å². The Morgan fingerprint density at radius 2 is 2.20 bits per heavy atom. The molecule has 1 aromatic carbocycles. The first-order chi connectivity index (χ1) is 9.74. The molecule has 0 saturated carbocycles. The van der Waals surface area contributed by atoms with E-state index in [0.29, 0.717) is 13.1 Å². The van der Waals surface area contributed by atoms with Crippen LogP contribution in [-0.2, 0) is 6.54 Å². The van der Waals surface area contributed by atoms with Gasteiger partial charge in [0.25, 0.3) is 0 Å². The fraction of sp³-hybridized carbons (Fsp3) is 0.600. The summed E-state index contributed by atoms with van der Waals surface area (Å²) < 4.78 is 5.36. The average Bonchev–Trinajstić information content (AvgIpc) is 2.47. The molecule has 5 heteroatoms. The molecule has 1 aliphatic rings. The van der Waals surface area contributed by atoms with Crippen molar-refractivity contribution in [2.24, 2.45) is 0 Å². The lowest BCUT2D eigenvalue weighted by atomic mass is 10.0. The number of hydrogen-bond acceptors (Lipinski definition) is 5. The predicted octanol–water partition coefficient (Wildman–Crippen LogP) is 0.212. The molecule has 0 radical (unpaired) electrons. The van der Waals surface area contributed by atoms with Gasteiger partial charge in [-0.25, -0.2) is 0 Å². The molecule has 1 aliphatic heterocycles. The Morgan fingerprint density at radius 1 is 1.40 bits per heavy atom. The van der Waals surface area contributed by atoms with E-state index in [9.17, 15) is 5.11 Å². The summed E-state index contributed by atoms with van der Waals surface area (Å²) >= 11 is 0. The first-order valence-corrected chi connectivity index (χ1v) is 7.11. The van der Waals surface area contributed by atoms with Crippen molar-refractivity contribution in [2.75, 3.05) is 33.4 Å². The summed E-state index contributed by atoms with van der Waals surface area (Å²) in [5, 5.41) is 22.1. The van der Waals surface area contributed by atoms with Crippen LogP contribution in [-0.4, -0.2) is 60.6 Å². The highest BCUT2D eigenvalue weighted by Crippen LogP contribution is 2.21. The fourth-order valence-electron chi connectivity index (χ4n) is 2.70. The van der Waals surface area contributed by atoms with E-state index < -0.39 is 6.10 Å². The summed E-state index contributed by atoms with van der Waals surface area (Å²) in [5.41, 5.74) is 1.14. The Morgan fingerprint density at radius 3 is 2.90 bits per heavy atom. The summed E-state index contributed by atoms with van der Waals surface area (Å²) in [6.45, 7) is 3.00. The zero-order valence-electron chi connectivity index (χ0n) is 12.0. The average molecular weight is 280 g/mol. The van der Waals surface area contributed by atoms with E-state index in [4.69, 9.17) is 9.84 Å². The lowest BCUT2D eigenvalue weighted by Gasteiger charge is -2.36. The second kappa shape index (κ2) is 7.59. The maximum atomic E-state index is 10.2. The Hall–Kier alpha value is -1.14. The van der Waals surface area contributed by atoms with Gasteiger partial charge in [0.1, 0.15) is 5.75 Å². The van der Waals surface area contributed by atoms with Crippen molar-refractivity contribution < 1.29 is 14.9 Å². The highest BCUT2D eigenvalue weighted by atomic mass is 16.5. The third-order valence-electron chi connectivity index (χ3n) is 3.77. The molecule has 112 valence electrons. The van der Waals surface area contributed by atoms with Crippen molar-refractivity contribution in [3.05, 3.63) is 29.8 Å². The minimum atomic E-state index is -0.398. The molecule has 1 aromatic rings. The smallest absolute Gasteiger partial charge is 0.123 e. The van der Waals surface area contributed by atoms with Crippen LogP contribution in [0.3, 0.4) is 0 Å². The first kappa shape index (κ1) is 15.3. The number of rotatable bonds is 6. The molecule has 0 unspecified atom stereocenters. The zero-order chi connectivity index (χ0) is 14.4. The van der Waals surface area contributed by atoms with Gasteiger partial charge in [-0.15, -0.1) is 0 Å². The summed E-state index contributed by atoms with van der Waals surface area (Å²) in [6, 6.07) is 8.06. The molecular weight excluding hydrogens is 256 g/mol. The molecule has 3 N–H and O–H groups in total. The molecule has 1 saturated heterocycles. The van der Waals surface area contributed by atoms with Gasteiger partial charge in [-0.3, -0.25) is 4.90 Å². The molecule has 0 aromatic heterocycles. The molecule has 20 heavy (non-hydrogen) atoms. The first-order valence-electron chi connectivity index (χ1n) is 7.11. The van der Waals surface area contributed by atoms with Gasteiger partial charge in [-0.2, -0.15) is 0 Å². The summed E-state index contributed by atoms with van der Waals surface area (Å²) in [7, 11) is 1.68. The highest BCUT2D eigenvalue weighted by Gasteiger charge is 2.27. The van der Waals surface area contributed by atoms with Crippen LogP contribution >= 0.6 is 0 Å². The van der Waals surface area contributed by atoms with Gasteiger partial charge in [0.2, 0.25) is 0 Å². The molecule has 0 amide bonds. The molecule has 0 spiro atoms. The number of piperidine rings is 1. The summed E-state index contributed by atoms with van der Waals surface area (Å²) in [4.78, 5) is 2.24. The Kier molecular flexibility index (Phi) is 5.79. The quantitative estimate of drug-likeness (QED) is 0.695. The number of β-amino-alcohol motifs (C(OH)–C–C–N with tert-alkyl or cyclic N) is 1. The fourth-order valence-corrected chi connectivity index (χ4v) is 2.70. The number of ether oxygens (including phenoxy) is 1. The number of methoxy groups -OCH3 is 1. The molecule has 1 heterocycles. The number of nitrogens with zero attached hydrogens (tertiary/aromatic N) is 1. The Balaban J connectivity index is 1.89. The summed E-state index contributed by atoms with van der Waals surface area (Å²) in [6.07, 6.45) is 0.487. The van der Waals surface area contributed by atoms with Gasteiger partial charge in [0.15, 0.2) is 0 Å². The number of aliphatic hydroxyl groups is 2.